The van der Waals surface area contributed by atoms with Crippen LogP contribution >= 0.6 is 11.6 Å². The Morgan fingerprint density at radius 3 is 2.48 bits per heavy atom. The van der Waals surface area contributed by atoms with E-state index in [1.54, 1.807) is 30.3 Å². The number of hydrogen-bond acceptors (Lipinski definition) is 6. The van der Waals surface area contributed by atoms with E-state index < -0.39 is 18.5 Å². The van der Waals surface area contributed by atoms with Crippen LogP contribution in [-0.2, 0) is 9.59 Å². The Morgan fingerprint density at radius 1 is 1.11 bits per heavy atom. The highest BCUT2D eigenvalue weighted by Gasteiger charge is 2.07. The van der Waals surface area contributed by atoms with Crippen molar-refractivity contribution in [1.82, 2.24) is 5.43 Å². The third-order valence-electron chi connectivity index (χ3n) is 3.14. The maximum atomic E-state index is 11.8. The lowest BCUT2D eigenvalue weighted by atomic mass is 10.2. The fourth-order valence-electron chi connectivity index (χ4n) is 1.95. The standard InChI is InChI=1S/C18H17ClN2O6/c1-25-15-4-2-3-5-16(15)26-10-17(22)21-20-9-12-6-7-14(13(19)8-12)27-11-18(23)24/h2-9H,10-11H2,1H3,(H,21,22)(H,23,24)/b20-9+. The van der Waals surface area contributed by atoms with Crippen molar-refractivity contribution in [3.05, 3.63) is 53.1 Å². The summed E-state index contributed by atoms with van der Waals surface area (Å²) in [6.45, 7) is -0.726. The SMILES string of the molecule is COc1ccccc1OCC(=O)N/N=C/c1ccc(OCC(=O)O)c(Cl)c1. The average Bonchev–Trinajstić information content (AvgIpc) is 2.65. The highest BCUT2D eigenvalue weighted by atomic mass is 35.5. The molecule has 0 saturated carbocycles. The zero-order chi connectivity index (χ0) is 19.6. The molecule has 0 spiro atoms. The smallest absolute Gasteiger partial charge is 0.341 e. The van der Waals surface area contributed by atoms with Crippen molar-refractivity contribution in [2.24, 2.45) is 5.10 Å². The number of nitrogens with one attached hydrogen (secondary N) is 1. The highest BCUT2D eigenvalue weighted by molar-refractivity contribution is 6.32. The molecule has 0 heterocycles. The number of para-hydroxylation sites is 2. The molecule has 9 heteroatoms. The van der Waals surface area contributed by atoms with Gasteiger partial charge in [-0.1, -0.05) is 23.7 Å². The molecule has 8 nitrogen and oxygen atoms in total. The average molecular weight is 393 g/mol. The van der Waals surface area contributed by atoms with Gasteiger partial charge >= 0.3 is 5.97 Å². The van der Waals surface area contributed by atoms with Gasteiger partial charge < -0.3 is 19.3 Å². The van der Waals surface area contributed by atoms with E-state index in [1.807, 2.05) is 0 Å². The summed E-state index contributed by atoms with van der Waals surface area (Å²) in [6, 6.07) is 11.6. The molecule has 0 fully saturated rings. The van der Waals surface area contributed by atoms with E-state index in [2.05, 4.69) is 10.5 Å². The molecule has 0 unspecified atom stereocenters. The second-order valence-corrected chi connectivity index (χ2v) is 5.51. The van der Waals surface area contributed by atoms with Gasteiger partial charge in [0.05, 0.1) is 18.3 Å². The Hall–Kier alpha value is -3.26. The van der Waals surface area contributed by atoms with Gasteiger partial charge in [-0.05, 0) is 35.9 Å². The summed E-state index contributed by atoms with van der Waals surface area (Å²) in [4.78, 5) is 22.3. The summed E-state index contributed by atoms with van der Waals surface area (Å²) in [5.74, 6) is -0.346. The first-order valence-electron chi connectivity index (χ1n) is 7.71. The third-order valence-corrected chi connectivity index (χ3v) is 3.43. The van der Waals surface area contributed by atoms with Gasteiger partial charge in [0.25, 0.3) is 5.91 Å². The van der Waals surface area contributed by atoms with Crippen molar-refractivity contribution in [2.75, 3.05) is 20.3 Å². The van der Waals surface area contributed by atoms with E-state index in [1.165, 1.54) is 25.5 Å². The molecule has 1 amide bonds. The number of benzene rings is 2. The van der Waals surface area contributed by atoms with E-state index in [0.29, 0.717) is 17.1 Å². The number of hydrazone groups is 1. The lowest BCUT2D eigenvalue weighted by Gasteiger charge is -2.09. The fraction of sp³-hybridized carbons (Fsp3) is 0.167. The molecule has 2 aromatic carbocycles. The minimum atomic E-state index is -1.10. The third kappa shape index (κ3) is 6.52. The van der Waals surface area contributed by atoms with Crippen molar-refractivity contribution < 1.29 is 28.9 Å². The molecule has 2 aromatic rings. The van der Waals surface area contributed by atoms with Crippen molar-refractivity contribution >= 4 is 29.7 Å². The number of aliphatic carboxylic acids is 1. The van der Waals surface area contributed by atoms with Crippen molar-refractivity contribution in [2.45, 2.75) is 0 Å². The van der Waals surface area contributed by atoms with Gasteiger partial charge in [0.2, 0.25) is 0 Å². The lowest BCUT2D eigenvalue weighted by molar-refractivity contribution is -0.139. The summed E-state index contributed by atoms with van der Waals surface area (Å²) in [5.41, 5.74) is 2.92. The predicted molar refractivity (Wildman–Crippen MR) is 98.8 cm³/mol. The van der Waals surface area contributed by atoms with Crippen molar-refractivity contribution in [3.63, 3.8) is 0 Å². The first-order valence-corrected chi connectivity index (χ1v) is 8.09. The van der Waals surface area contributed by atoms with Crippen LogP contribution in [0.15, 0.2) is 47.6 Å². The van der Waals surface area contributed by atoms with Crippen LogP contribution in [-0.4, -0.2) is 43.5 Å². The van der Waals surface area contributed by atoms with Crippen LogP contribution in [0.1, 0.15) is 5.56 Å². The molecule has 0 aliphatic heterocycles. The Morgan fingerprint density at radius 2 is 1.81 bits per heavy atom. The van der Waals surface area contributed by atoms with E-state index >= 15 is 0 Å². The largest absolute Gasteiger partial charge is 0.493 e. The second-order valence-electron chi connectivity index (χ2n) is 5.10. The van der Waals surface area contributed by atoms with Gasteiger partial charge in [0.1, 0.15) is 5.75 Å². The molecule has 0 aliphatic carbocycles. The number of amides is 1. The number of nitrogens with zero attached hydrogens (tertiary/aromatic N) is 1. The molecule has 0 aliphatic rings. The second kappa shape index (κ2) is 10.0. The summed E-state index contributed by atoms with van der Waals surface area (Å²) in [7, 11) is 1.51. The lowest BCUT2D eigenvalue weighted by Crippen LogP contribution is -2.24. The number of carbonyl (C=O) groups excluding carboxylic acids is 1. The minimum Gasteiger partial charge on any atom is -0.493 e. The number of carbonyl (C=O) groups is 2. The summed E-state index contributed by atoms with van der Waals surface area (Å²) < 4.78 is 15.5. The van der Waals surface area contributed by atoms with Crippen LogP contribution in [0.4, 0.5) is 0 Å². The molecule has 0 radical (unpaired) electrons. The molecule has 142 valence electrons. The van der Waals surface area contributed by atoms with Gasteiger partial charge in [-0.3, -0.25) is 4.79 Å². The van der Waals surface area contributed by atoms with E-state index in [0.717, 1.165) is 0 Å². The normalized spacial score (nSPS) is 10.4. The minimum absolute atomic E-state index is 0.228. The Kier molecular flexibility index (Phi) is 7.45. The van der Waals surface area contributed by atoms with Crippen LogP contribution in [0, 0.1) is 0 Å². The number of halogens is 1. The van der Waals surface area contributed by atoms with Gasteiger partial charge in [-0.25, -0.2) is 10.2 Å². The van der Waals surface area contributed by atoms with Crippen LogP contribution in [0.2, 0.25) is 5.02 Å². The van der Waals surface area contributed by atoms with Gasteiger partial charge in [0, 0.05) is 0 Å². The number of carboxylic acids is 1. The quantitative estimate of drug-likeness (QED) is 0.501. The predicted octanol–water partition coefficient (Wildman–Crippen LogP) is 2.34. The van der Waals surface area contributed by atoms with Crippen molar-refractivity contribution in [1.29, 1.82) is 0 Å². The number of carboxylic acid groups (broad SMARTS) is 1. The van der Waals surface area contributed by atoms with Gasteiger partial charge in [-0.15, -0.1) is 0 Å². The van der Waals surface area contributed by atoms with E-state index in [9.17, 15) is 9.59 Å². The highest BCUT2D eigenvalue weighted by Crippen LogP contribution is 2.26. The zero-order valence-electron chi connectivity index (χ0n) is 14.3. The molecule has 0 aromatic heterocycles. The van der Waals surface area contributed by atoms with Crippen molar-refractivity contribution in [3.8, 4) is 17.2 Å². The Labute approximate surface area is 160 Å². The summed E-state index contributed by atoms with van der Waals surface area (Å²) >= 11 is 6.00. The zero-order valence-corrected chi connectivity index (χ0v) is 15.1. The maximum absolute atomic E-state index is 11.8. The van der Waals surface area contributed by atoms with E-state index in [4.69, 9.17) is 30.9 Å². The van der Waals surface area contributed by atoms with Crippen LogP contribution in [0.25, 0.3) is 0 Å². The Bertz CT molecular complexity index is 840. The number of hydrogen-bond donors (Lipinski definition) is 2. The van der Waals surface area contributed by atoms with Crippen LogP contribution < -0.4 is 19.6 Å². The van der Waals surface area contributed by atoms with Gasteiger partial charge in [-0.2, -0.15) is 5.10 Å². The maximum Gasteiger partial charge on any atom is 0.341 e. The van der Waals surface area contributed by atoms with Crippen LogP contribution in [0.5, 0.6) is 17.2 Å². The molecule has 2 rings (SSSR count). The number of ether oxygens (including phenoxy) is 3. The molecule has 0 saturated heterocycles. The summed E-state index contributed by atoms with van der Waals surface area (Å²) in [5, 5.41) is 12.6. The molecule has 2 N–H and O–H groups in total. The molecule has 0 atom stereocenters. The first kappa shape index (κ1) is 20.1. The summed E-state index contributed by atoms with van der Waals surface area (Å²) in [6.07, 6.45) is 1.38. The number of rotatable bonds is 9. The number of methoxy groups -OCH3 is 1. The topological polar surface area (TPSA) is 106 Å². The van der Waals surface area contributed by atoms with Crippen LogP contribution in [0.3, 0.4) is 0 Å². The molecular formula is C18H17ClN2O6. The molecule has 27 heavy (non-hydrogen) atoms. The Balaban J connectivity index is 1.84. The monoisotopic (exact) mass is 392 g/mol. The van der Waals surface area contributed by atoms with Gasteiger partial charge in [0.15, 0.2) is 24.7 Å². The molecule has 0 bridgehead atoms. The first-order chi connectivity index (χ1) is 13.0. The molecular weight excluding hydrogens is 376 g/mol. The fourth-order valence-corrected chi connectivity index (χ4v) is 2.19. The van der Waals surface area contributed by atoms with E-state index in [-0.39, 0.29) is 17.4 Å².